The zero-order valence-corrected chi connectivity index (χ0v) is 15.7. The van der Waals surface area contributed by atoms with Gasteiger partial charge in [-0.05, 0) is 57.2 Å². The van der Waals surface area contributed by atoms with Crippen molar-refractivity contribution in [3.05, 3.63) is 59.1 Å². The summed E-state index contributed by atoms with van der Waals surface area (Å²) in [5.41, 5.74) is 1.19. The average Bonchev–Trinajstić information content (AvgIpc) is 2.56. The third-order valence-corrected chi connectivity index (χ3v) is 4.77. The van der Waals surface area contributed by atoms with Crippen LogP contribution in [0.15, 0.2) is 53.4 Å². The summed E-state index contributed by atoms with van der Waals surface area (Å²) in [5, 5.41) is 3.49. The van der Waals surface area contributed by atoms with Crippen LogP contribution in [0.1, 0.15) is 19.4 Å². The minimum absolute atomic E-state index is 0.00467. The lowest BCUT2D eigenvalue weighted by atomic mass is 10.2. The Kier molecular flexibility index (Phi) is 7.00. The van der Waals surface area contributed by atoms with Crippen LogP contribution in [0.2, 0.25) is 5.02 Å². The molecule has 0 aliphatic rings. The minimum atomic E-state index is -0.187. The van der Waals surface area contributed by atoms with E-state index in [-0.39, 0.29) is 17.2 Å². The molecule has 0 aliphatic heterocycles. The Morgan fingerprint density at radius 3 is 2.38 bits per heavy atom. The van der Waals surface area contributed by atoms with Crippen molar-refractivity contribution in [2.45, 2.75) is 37.0 Å². The number of hydrogen-bond donors (Lipinski definition) is 1. The normalized spacial score (nSPS) is 13.2. The zero-order valence-electron chi connectivity index (χ0n) is 14.1. The van der Waals surface area contributed by atoms with E-state index < -0.39 is 0 Å². The van der Waals surface area contributed by atoms with Gasteiger partial charge in [0.2, 0.25) is 5.91 Å². The lowest BCUT2D eigenvalue weighted by Crippen LogP contribution is -2.40. The van der Waals surface area contributed by atoms with Crippen LogP contribution >= 0.6 is 23.4 Å². The van der Waals surface area contributed by atoms with Crippen LogP contribution in [-0.4, -0.2) is 23.8 Å². The lowest BCUT2D eigenvalue weighted by Gasteiger charge is -2.18. The van der Waals surface area contributed by atoms with Crippen molar-refractivity contribution in [3.8, 4) is 5.75 Å². The van der Waals surface area contributed by atoms with E-state index in [2.05, 4.69) is 5.32 Å². The topological polar surface area (TPSA) is 38.3 Å². The van der Waals surface area contributed by atoms with E-state index in [4.69, 9.17) is 16.3 Å². The van der Waals surface area contributed by atoms with Gasteiger partial charge in [0, 0.05) is 9.92 Å². The van der Waals surface area contributed by atoms with Gasteiger partial charge < -0.3 is 10.1 Å². The molecule has 0 saturated heterocycles. The van der Waals surface area contributed by atoms with Crippen molar-refractivity contribution in [1.29, 1.82) is 0 Å². The molecule has 3 nitrogen and oxygen atoms in total. The number of hydrogen-bond acceptors (Lipinski definition) is 3. The van der Waals surface area contributed by atoms with Crippen LogP contribution in [0.4, 0.5) is 0 Å². The molecule has 0 radical (unpaired) electrons. The Hall–Kier alpha value is -1.65. The fourth-order valence-electron chi connectivity index (χ4n) is 2.03. The molecule has 2 atom stereocenters. The number of nitrogens with one attached hydrogen (secondary N) is 1. The van der Waals surface area contributed by atoms with Gasteiger partial charge in [-0.1, -0.05) is 29.3 Å². The fraction of sp³-hybridized carbons (Fsp3) is 0.316. The average molecular weight is 364 g/mol. The predicted molar refractivity (Wildman–Crippen MR) is 101 cm³/mol. The van der Waals surface area contributed by atoms with Crippen LogP contribution in [0.25, 0.3) is 0 Å². The molecule has 2 unspecified atom stereocenters. The van der Waals surface area contributed by atoms with E-state index in [1.807, 2.05) is 69.3 Å². The molecule has 24 heavy (non-hydrogen) atoms. The van der Waals surface area contributed by atoms with E-state index in [1.165, 1.54) is 17.3 Å². The maximum Gasteiger partial charge on any atom is 0.233 e. The number of benzene rings is 2. The Balaban J connectivity index is 1.77. The number of aryl methyl sites for hydroxylation is 1. The predicted octanol–water partition coefficient (Wildman–Crippen LogP) is 4.71. The van der Waals surface area contributed by atoms with Gasteiger partial charge in [-0.3, -0.25) is 4.79 Å². The van der Waals surface area contributed by atoms with Crippen molar-refractivity contribution in [2.75, 3.05) is 6.61 Å². The molecular formula is C19H22ClNO2S. The summed E-state index contributed by atoms with van der Waals surface area (Å²) in [6, 6.07) is 15.3. The molecule has 0 bridgehead atoms. The largest absolute Gasteiger partial charge is 0.491 e. The molecule has 128 valence electrons. The van der Waals surface area contributed by atoms with Gasteiger partial charge >= 0.3 is 0 Å². The second-order valence-electron chi connectivity index (χ2n) is 5.75. The molecule has 2 aromatic rings. The minimum Gasteiger partial charge on any atom is -0.491 e. The highest BCUT2D eigenvalue weighted by Gasteiger charge is 2.16. The van der Waals surface area contributed by atoms with Gasteiger partial charge in [-0.2, -0.15) is 0 Å². The van der Waals surface area contributed by atoms with Gasteiger partial charge in [0.1, 0.15) is 12.4 Å². The number of halogens is 1. The third-order valence-electron chi connectivity index (χ3n) is 3.41. The van der Waals surface area contributed by atoms with Gasteiger partial charge in [-0.15, -0.1) is 11.8 Å². The highest BCUT2D eigenvalue weighted by molar-refractivity contribution is 8.00. The Bertz CT molecular complexity index is 658. The van der Waals surface area contributed by atoms with E-state index in [0.29, 0.717) is 11.6 Å². The first-order chi connectivity index (χ1) is 11.4. The number of carbonyl (C=O) groups excluding carboxylic acids is 1. The summed E-state index contributed by atoms with van der Waals surface area (Å²) in [4.78, 5) is 13.3. The first kappa shape index (κ1) is 18.7. The number of carbonyl (C=O) groups is 1. The SMILES string of the molecule is Cc1ccc(OCC(C)NC(=O)C(C)Sc2ccc(Cl)cc2)cc1. The van der Waals surface area contributed by atoms with Gasteiger partial charge in [0.25, 0.3) is 0 Å². The Morgan fingerprint density at radius 2 is 1.75 bits per heavy atom. The van der Waals surface area contributed by atoms with Gasteiger partial charge in [0.05, 0.1) is 11.3 Å². The van der Waals surface area contributed by atoms with Crippen molar-refractivity contribution in [2.24, 2.45) is 0 Å². The van der Waals surface area contributed by atoms with Crippen LogP contribution in [0.3, 0.4) is 0 Å². The van der Waals surface area contributed by atoms with Gasteiger partial charge in [-0.25, -0.2) is 0 Å². The first-order valence-electron chi connectivity index (χ1n) is 7.86. The van der Waals surface area contributed by atoms with Crippen molar-refractivity contribution in [1.82, 2.24) is 5.32 Å². The number of ether oxygens (including phenoxy) is 1. The van der Waals surface area contributed by atoms with Crippen molar-refractivity contribution >= 4 is 29.3 Å². The van der Waals surface area contributed by atoms with Crippen LogP contribution in [0.5, 0.6) is 5.75 Å². The number of thioether (sulfide) groups is 1. The zero-order chi connectivity index (χ0) is 17.5. The molecule has 1 N–H and O–H groups in total. The van der Waals surface area contributed by atoms with Crippen LogP contribution in [-0.2, 0) is 4.79 Å². The molecule has 0 fully saturated rings. The quantitative estimate of drug-likeness (QED) is 0.724. The Labute approximate surface area is 152 Å². The number of amides is 1. The van der Waals surface area contributed by atoms with Crippen LogP contribution < -0.4 is 10.1 Å². The standard InChI is InChI=1S/C19H22ClNO2S/c1-13-4-8-17(9-5-13)23-12-14(2)21-19(22)15(3)24-18-10-6-16(20)7-11-18/h4-11,14-15H,12H2,1-3H3,(H,21,22). The molecular weight excluding hydrogens is 342 g/mol. The highest BCUT2D eigenvalue weighted by atomic mass is 35.5. The molecule has 5 heteroatoms. The second-order valence-corrected chi connectivity index (χ2v) is 7.60. The summed E-state index contributed by atoms with van der Waals surface area (Å²) < 4.78 is 5.70. The molecule has 0 aromatic heterocycles. The van der Waals surface area contributed by atoms with Crippen LogP contribution in [0, 0.1) is 6.92 Å². The molecule has 1 amide bonds. The van der Waals surface area contributed by atoms with Crippen molar-refractivity contribution in [3.63, 3.8) is 0 Å². The summed E-state index contributed by atoms with van der Waals surface area (Å²) in [6.45, 7) is 6.30. The highest BCUT2D eigenvalue weighted by Crippen LogP contribution is 2.24. The third kappa shape index (κ3) is 6.10. The van der Waals surface area contributed by atoms with E-state index in [1.54, 1.807) is 0 Å². The summed E-state index contributed by atoms with van der Waals surface area (Å²) in [6.07, 6.45) is 0. The first-order valence-corrected chi connectivity index (χ1v) is 9.12. The second kappa shape index (κ2) is 9.00. The van der Waals surface area contributed by atoms with E-state index in [0.717, 1.165) is 10.6 Å². The summed E-state index contributed by atoms with van der Waals surface area (Å²) in [7, 11) is 0. The molecule has 0 saturated carbocycles. The molecule has 2 aromatic carbocycles. The Morgan fingerprint density at radius 1 is 1.12 bits per heavy atom. The lowest BCUT2D eigenvalue weighted by molar-refractivity contribution is -0.121. The van der Waals surface area contributed by atoms with E-state index in [9.17, 15) is 4.79 Å². The molecule has 0 aliphatic carbocycles. The summed E-state index contributed by atoms with van der Waals surface area (Å²) >= 11 is 7.38. The van der Waals surface area contributed by atoms with Gasteiger partial charge in [0.15, 0.2) is 0 Å². The molecule has 0 heterocycles. The molecule has 2 rings (SSSR count). The van der Waals surface area contributed by atoms with Crippen molar-refractivity contribution < 1.29 is 9.53 Å². The summed E-state index contributed by atoms with van der Waals surface area (Å²) in [5.74, 6) is 0.806. The van der Waals surface area contributed by atoms with E-state index >= 15 is 0 Å². The number of rotatable bonds is 7. The smallest absolute Gasteiger partial charge is 0.233 e. The maximum atomic E-state index is 12.3. The fourth-order valence-corrected chi connectivity index (χ4v) is 3.03. The monoisotopic (exact) mass is 363 g/mol. The maximum absolute atomic E-state index is 12.3. The molecule has 0 spiro atoms.